The summed E-state index contributed by atoms with van der Waals surface area (Å²) >= 11 is 1.71. The predicted molar refractivity (Wildman–Crippen MR) is 92.7 cm³/mol. The van der Waals surface area contributed by atoms with Gasteiger partial charge in [-0.1, -0.05) is 12.1 Å². The van der Waals surface area contributed by atoms with Crippen molar-refractivity contribution < 1.29 is 4.79 Å². The molecule has 0 aliphatic carbocycles. The molecule has 4 rings (SSSR count). The van der Waals surface area contributed by atoms with E-state index in [1.165, 1.54) is 4.70 Å². The molecule has 0 unspecified atom stereocenters. The Morgan fingerprint density at radius 3 is 3.12 bits per heavy atom. The number of rotatable bonds is 6. The van der Waals surface area contributed by atoms with Gasteiger partial charge in [-0.05, 0) is 31.4 Å². The van der Waals surface area contributed by atoms with Gasteiger partial charge in [-0.25, -0.2) is 4.98 Å². The SMILES string of the molecule is O=C(CCCc1nc2ccccc2s1)NCc1nnc2n1CCC2. The first-order chi connectivity index (χ1) is 11.8. The van der Waals surface area contributed by atoms with Gasteiger partial charge in [-0.15, -0.1) is 21.5 Å². The highest BCUT2D eigenvalue weighted by atomic mass is 32.1. The number of nitrogens with zero attached hydrogens (tertiary/aromatic N) is 4. The lowest BCUT2D eigenvalue weighted by Gasteiger charge is -2.05. The third-order valence-electron chi connectivity index (χ3n) is 4.26. The van der Waals surface area contributed by atoms with Crippen LogP contribution in [0.2, 0.25) is 0 Å². The smallest absolute Gasteiger partial charge is 0.220 e. The Morgan fingerprint density at radius 1 is 1.29 bits per heavy atom. The summed E-state index contributed by atoms with van der Waals surface area (Å²) in [7, 11) is 0. The van der Waals surface area contributed by atoms with E-state index in [2.05, 4.69) is 31.1 Å². The van der Waals surface area contributed by atoms with Crippen LogP contribution < -0.4 is 5.32 Å². The predicted octanol–water partition coefficient (Wildman–Crippen LogP) is 2.47. The van der Waals surface area contributed by atoms with E-state index in [0.29, 0.717) is 13.0 Å². The van der Waals surface area contributed by atoms with Crippen LogP contribution in [0, 0.1) is 0 Å². The van der Waals surface area contributed by atoms with Crippen LogP contribution in [0.1, 0.15) is 35.9 Å². The minimum atomic E-state index is 0.0615. The largest absolute Gasteiger partial charge is 0.349 e. The molecule has 24 heavy (non-hydrogen) atoms. The molecule has 0 bridgehead atoms. The maximum atomic E-state index is 12.0. The minimum absolute atomic E-state index is 0.0615. The second-order valence-electron chi connectivity index (χ2n) is 5.99. The first kappa shape index (κ1) is 15.3. The fourth-order valence-electron chi connectivity index (χ4n) is 3.03. The van der Waals surface area contributed by atoms with Crippen LogP contribution in [0.5, 0.6) is 0 Å². The summed E-state index contributed by atoms with van der Waals surface area (Å²) in [5.74, 6) is 1.96. The van der Waals surface area contributed by atoms with Crippen LogP contribution in [0.15, 0.2) is 24.3 Å². The summed E-state index contributed by atoms with van der Waals surface area (Å²) in [6.07, 6.45) is 4.27. The van der Waals surface area contributed by atoms with E-state index in [1.807, 2.05) is 18.2 Å². The number of aryl methyl sites for hydroxylation is 2. The molecule has 0 radical (unpaired) electrons. The minimum Gasteiger partial charge on any atom is -0.349 e. The number of amides is 1. The van der Waals surface area contributed by atoms with Gasteiger partial charge in [0.05, 0.1) is 21.8 Å². The highest BCUT2D eigenvalue weighted by molar-refractivity contribution is 7.18. The number of thiazole rings is 1. The summed E-state index contributed by atoms with van der Waals surface area (Å²) in [5, 5.41) is 12.3. The summed E-state index contributed by atoms with van der Waals surface area (Å²) in [4.78, 5) is 16.6. The zero-order valence-electron chi connectivity index (χ0n) is 13.4. The molecule has 1 aliphatic heterocycles. The van der Waals surface area contributed by atoms with Crippen molar-refractivity contribution >= 4 is 27.5 Å². The topological polar surface area (TPSA) is 72.7 Å². The Labute approximate surface area is 143 Å². The Balaban J connectivity index is 1.24. The van der Waals surface area contributed by atoms with Gasteiger partial charge in [-0.2, -0.15) is 0 Å². The monoisotopic (exact) mass is 341 g/mol. The van der Waals surface area contributed by atoms with Crippen molar-refractivity contribution in [1.29, 1.82) is 0 Å². The number of hydrogen-bond donors (Lipinski definition) is 1. The molecule has 1 N–H and O–H groups in total. The summed E-state index contributed by atoms with van der Waals surface area (Å²) in [6, 6.07) is 8.14. The van der Waals surface area contributed by atoms with E-state index < -0.39 is 0 Å². The fourth-order valence-corrected chi connectivity index (χ4v) is 4.04. The van der Waals surface area contributed by atoms with Gasteiger partial charge in [0.25, 0.3) is 0 Å². The fraction of sp³-hybridized carbons (Fsp3) is 0.412. The summed E-state index contributed by atoms with van der Waals surface area (Å²) in [5.41, 5.74) is 1.04. The van der Waals surface area contributed by atoms with Crippen LogP contribution in [0.25, 0.3) is 10.2 Å². The Kier molecular flexibility index (Phi) is 4.25. The molecule has 1 aromatic carbocycles. The molecule has 0 saturated heterocycles. The second-order valence-corrected chi connectivity index (χ2v) is 7.11. The van der Waals surface area contributed by atoms with E-state index in [1.54, 1.807) is 11.3 Å². The van der Waals surface area contributed by atoms with E-state index in [9.17, 15) is 4.79 Å². The number of fused-ring (bicyclic) bond motifs is 2. The molecule has 7 heteroatoms. The quantitative estimate of drug-likeness (QED) is 0.747. The third-order valence-corrected chi connectivity index (χ3v) is 5.36. The number of para-hydroxylation sites is 1. The third kappa shape index (κ3) is 3.17. The molecule has 3 heterocycles. The Bertz CT molecular complexity index is 836. The summed E-state index contributed by atoms with van der Waals surface area (Å²) in [6.45, 7) is 1.43. The lowest BCUT2D eigenvalue weighted by atomic mass is 10.2. The molecule has 0 saturated carbocycles. The van der Waals surface area contributed by atoms with Gasteiger partial charge in [0.2, 0.25) is 5.91 Å². The van der Waals surface area contributed by atoms with Gasteiger partial charge in [0.1, 0.15) is 5.82 Å². The highest BCUT2D eigenvalue weighted by Crippen LogP contribution is 2.22. The maximum absolute atomic E-state index is 12.0. The zero-order chi connectivity index (χ0) is 16.4. The number of aromatic nitrogens is 4. The van der Waals surface area contributed by atoms with Crippen LogP contribution in [0.4, 0.5) is 0 Å². The molecule has 0 spiro atoms. The van der Waals surface area contributed by atoms with Gasteiger partial charge >= 0.3 is 0 Å². The van der Waals surface area contributed by atoms with Crippen molar-refractivity contribution in [2.45, 2.75) is 45.2 Å². The normalized spacial score (nSPS) is 13.3. The first-order valence-electron chi connectivity index (χ1n) is 8.32. The van der Waals surface area contributed by atoms with E-state index in [4.69, 9.17) is 0 Å². The van der Waals surface area contributed by atoms with Crippen LogP contribution in [-0.4, -0.2) is 25.7 Å². The van der Waals surface area contributed by atoms with Crippen molar-refractivity contribution in [3.63, 3.8) is 0 Å². The molecule has 0 atom stereocenters. The summed E-state index contributed by atoms with van der Waals surface area (Å²) < 4.78 is 3.32. The average Bonchev–Trinajstić information content (AvgIpc) is 3.28. The standard InChI is InChI=1S/C17H19N5OS/c23-16(18-11-15-21-20-14-7-4-10-22(14)15)8-3-9-17-19-12-5-1-2-6-13(12)24-17/h1-2,5-6H,3-4,7-11H2,(H,18,23). The van der Waals surface area contributed by atoms with Crippen molar-refractivity contribution in [1.82, 2.24) is 25.1 Å². The van der Waals surface area contributed by atoms with Crippen molar-refractivity contribution in [3.05, 3.63) is 40.9 Å². The molecule has 124 valence electrons. The van der Waals surface area contributed by atoms with Gasteiger partial charge in [-0.3, -0.25) is 4.79 Å². The molecule has 6 nitrogen and oxygen atoms in total. The lowest BCUT2D eigenvalue weighted by Crippen LogP contribution is -2.24. The van der Waals surface area contributed by atoms with Gasteiger partial charge in [0, 0.05) is 19.4 Å². The molecule has 1 amide bonds. The van der Waals surface area contributed by atoms with Crippen molar-refractivity contribution in [3.8, 4) is 0 Å². The van der Waals surface area contributed by atoms with E-state index in [0.717, 1.165) is 54.4 Å². The number of benzene rings is 1. The number of carbonyl (C=O) groups is 1. The maximum Gasteiger partial charge on any atom is 0.220 e. The second kappa shape index (κ2) is 6.68. The molecule has 2 aromatic heterocycles. The van der Waals surface area contributed by atoms with Gasteiger partial charge < -0.3 is 9.88 Å². The first-order valence-corrected chi connectivity index (χ1v) is 9.13. The van der Waals surface area contributed by atoms with Crippen LogP contribution >= 0.6 is 11.3 Å². The van der Waals surface area contributed by atoms with Crippen LogP contribution in [0.3, 0.4) is 0 Å². The highest BCUT2D eigenvalue weighted by Gasteiger charge is 2.17. The van der Waals surface area contributed by atoms with Crippen LogP contribution in [-0.2, 0) is 30.7 Å². The lowest BCUT2D eigenvalue weighted by molar-refractivity contribution is -0.121. The zero-order valence-corrected chi connectivity index (χ0v) is 14.2. The number of carbonyl (C=O) groups excluding carboxylic acids is 1. The number of nitrogens with one attached hydrogen (secondary N) is 1. The molecule has 1 aliphatic rings. The van der Waals surface area contributed by atoms with Crippen molar-refractivity contribution in [2.75, 3.05) is 0 Å². The molecular formula is C17H19N5OS. The van der Waals surface area contributed by atoms with E-state index >= 15 is 0 Å². The Morgan fingerprint density at radius 2 is 2.21 bits per heavy atom. The van der Waals surface area contributed by atoms with Gasteiger partial charge in [0.15, 0.2) is 5.82 Å². The average molecular weight is 341 g/mol. The molecular weight excluding hydrogens is 322 g/mol. The van der Waals surface area contributed by atoms with Crippen molar-refractivity contribution in [2.24, 2.45) is 0 Å². The molecule has 0 fully saturated rings. The molecule has 3 aromatic rings. The Hall–Kier alpha value is -2.28. The number of hydrogen-bond acceptors (Lipinski definition) is 5. The van der Waals surface area contributed by atoms with E-state index in [-0.39, 0.29) is 5.91 Å².